The van der Waals surface area contributed by atoms with Crippen molar-refractivity contribution in [3.8, 4) is 5.75 Å². The number of amides is 1. The van der Waals surface area contributed by atoms with Gasteiger partial charge in [-0.05, 0) is 49.4 Å². The fraction of sp³-hybridized carbons (Fsp3) is 0.316. The minimum atomic E-state index is -0.410. The molecule has 6 heteroatoms. The van der Waals surface area contributed by atoms with Crippen LogP contribution in [-0.2, 0) is 11.3 Å². The summed E-state index contributed by atoms with van der Waals surface area (Å²) in [5, 5.41) is 3.57. The zero-order chi connectivity index (χ0) is 18.4. The van der Waals surface area contributed by atoms with Gasteiger partial charge in [-0.2, -0.15) is 0 Å². The molecule has 0 aromatic heterocycles. The average molecular weight is 365 g/mol. The Kier molecular flexibility index (Phi) is 6.79. The van der Waals surface area contributed by atoms with Crippen molar-refractivity contribution in [3.63, 3.8) is 0 Å². The first-order valence-corrected chi connectivity index (χ1v) is 8.32. The van der Waals surface area contributed by atoms with Crippen LogP contribution in [0.1, 0.15) is 24.1 Å². The summed E-state index contributed by atoms with van der Waals surface area (Å²) in [6, 6.07) is 12.0. The Morgan fingerprint density at radius 1 is 1.32 bits per heavy atom. The number of carbonyl (C=O) groups is 1. The molecule has 0 saturated heterocycles. The third-order valence-corrected chi connectivity index (χ3v) is 4.04. The predicted octanol–water partition coefficient (Wildman–Crippen LogP) is 3.80. The summed E-state index contributed by atoms with van der Waals surface area (Å²) in [4.78, 5) is 14.0. The number of nitrogens with zero attached hydrogens (tertiary/aromatic N) is 1. The summed E-state index contributed by atoms with van der Waals surface area (Å²) in [6.07, 6.45) is 0. The van der Waals surface area contributed by atoms with E-state index >= 15 is 0 Å². The Balaban J connectivity index is 1.88. The average Bonchev–Trinajstić information content (AvgIpc) is 2.54. The number of ether oxygens (including phenoxy) is 1. The monoisotopic (exact) mass is 364 g/mol. The summed E-state index contributed by atoms with van der Waals surface area (Å²) in [6.45, 7) is 2.57. The summed E-state index contributed by atoms with van der Waals surface area (Å²) in [7, 11) is 3.24. The quantitative estimate of drug-likeness (QED) is 0.812. The molecule has 134 valence electrons. The van der Waals surface area contributed by atoms with Gasteiger partial charge in [0.15, 0.2) is 11.6 Å². The Morgan fingerprint density at radius 2 is 2.08 bits per heavy atom. The Hall–Kier alpha value is -2.11. The van der Waals surface area contributed by atoms with Crippen LogP contribution in [0.4, 0.5) is 4.39 Å². The lowest BCUT2D eigenvalue weighted by atomic mass is 10.1. The Labute approximate surface area is 152 Å². The molecule has 0 aliphatic rings. The van der Waals surface area contributed by atoms with Crippen molar-refractivity contribution in [3.05, 3.63) is 64.4 Å². The molecular weight excluding hydrogens is 343 g/mol. The van der Waals surface area contributed by atoms with Gasteiger partial charge in [-0.3, -0.25) is 9.69 Å². The summed E-state index contributed by atoms with van der Waals surface area (Å²) < 4.78 is 18.6. The topological polar surface area (TPSA) is 41.6 Å². The summed E-state index contributed by atoms with van der Waals surface area (Å²) >= 11 is 5.97. The van der Waals surface area contributed by atoms with Crippen molar-refractivity contribution >= 4 is 17.5 Å². The van der Waals surface area contributed by atoms with Crippen LogP contribution < -0.4 is 10.1 Å². The SMILES string of the molecule is COc1ccc(CN(C)CC(=O)NC(C)c2cccc(Cl)c2)cc1F. The van der Waals surface area contributed by atoms with Crippen molar-refractivity contribution in [2.45, 2.75) is 19.5 Å². The maximum absolute atomic E-state index is 13.7. The molecule has 1 unspecified atom stereocenters. The molecule has 1 atom stereocenters. The molecule has 1 amide bonds. The largest absolute Gasteiger partial charge is 0.494 e. The van der Waals surface area contributed by atoms with Crippen molar-refractivity contribution in [1.29, 1.82) is 0 Å². The van der Waals surface area contributed by atoms with E-state index in [-0.39, 0.29) is 24.2 Å². The van der Waals surface area contributed by atoms with Gasteiger partial charge in [-0.15, -0.1) is 0 Å². The van der Waals surface area contributed by atoms with Gasteiger partial charge in [0.1, 0.15) is 0 Å². The maximum Gasteiger partial charge on any atom is 0.234 e. The number of hydrogen-bond donors (Lipinski definition) is 1. The molecule has 2 rings (SSSR count). The molecule has 2 aromatic carbocycles. The third-order valence-electron chi connectivity index (χ3n) is 3.81. The number of benzene rings is 2. The zero-order valence-electron chi connectivity index (χ0n) is 14.6. The molecular formula is C19H22ClFN2O2. The molecule has 4 nitrogen and oxygen atoms in total. The van der Waals surface area contributed by atoms with Crippen LogP contribution in [-0.4, -0.2) is 31.5 Å². The normalized spacial score (nSPS) is 12.1. The van der Waals surface area contributed by atoms with E-state index in [1.807, 2.05) is 37.1 Å². The number of rotatable bonds is 7. The van der Waals surface area contributed by atoms with E-state index in [1.54, 1.807) is 18.2 Å². The van der Waals surface area contributed by atoms with E-state index in [4.69, 9.17) is 16.3 Å². The van der Waals surface area contributed by atoms with Crippen molar-refractivity contribution in [2.24, 2.45) is 0 Å². The zero-order valence-corrected chi connectivity index (χ0v) is 15.3. The first-order chi connectivity index (χ1) is 11.9. The van der Waals surface area contributed by atoms with E-state index in [9.17, 15) is 9.18 Å². The highest BCUT2D eigenvalue weighted by molar-refractivity contribution is 6.30. The van der Waals surface area contributed by atoms with Crippen LogP contribution in [0.2, 0.25) is 5.02 Å². The van der Waals surface area contributed by atoms with Gasteiger partial charge in [-0.1, -0.05) is 29.8 Å². The molecule has 25 heavy (non-hydrogen) atoms. The molecule has 0 spiro atoms. The Bertz CT molecular complexity index is 739. The lowest BCUT2D eigenvalue weighted by Crippen LogP contribution is -2.36. The van der Waals surface area contributed by atoms with Crippen LogP contribution in [0.3, 0.4) is 0 Å². The van der Waals surface area contributed by atoms with Gasteiger partial charge in [0.05, 0.1) is 19.7 Å². The molecule has 0 aliphatic carbocycles. The molecule has 2 aromatic rings. The van der Waals surface area contributed by atoms with E-state index in [2.05, 4.69) is 5.32 Å². The van der Waals surface area contributed by atoms with Crippen molar-refractivity contribution in [2.75, 3.05) is 20.7 Å². The summed E-state index contributed by atoms with van der Waals surface area (Å²) in [5.74, 6) is -0.309. The third kappa shape index (κ3) is 5.73. The van der Waals surface area contributed by atoms with Crippen LogP contribution in [0.25, 0.3) is 0 Å². The molecule has 0 heterocycles. The Morgan fingerprint density at radius 3 is 2.72 bits per heavy atom. The lowest BCUT2D eigenvalue weighted by molar-refractivity contribution is -0.122. The number of hydrogen-bond acceptors (Lipinski definition) is 3. The van der Waals surface area contributed by atoms with Crippen LogP contribution in [0, 0.1) is 5.82 Å². The van der Waals surface area contributed by atoms with Crippen LogP contribution in [0.5, 0.6) is 5.75 Å². The minimum absolute atomic E-state index is 0.107. The second-order valence-corrected chi connectivity index (χ2v) is 6.42. The number of methoxy groups -OCH3 is 1. The van der Waals surface area contributed by atoms with Crippen LogP contribution >= 0.6 is 11.6 Å². The fourth-order valence-electron chi connectivity index (χ4n) is 2.57. The van der Waals surface area contributed by atoms with E-state index in [1.165, 1.54) is 13.2 Å². The molecule has 0 fully saturated rings. The van der Waals surface area contributed by atoms with Gasteiger partial charge >= 0.3 is 0 Å². The van der Waals surface area contributed by atoms with Crippen LogP contribution in [0.15, 0.2) is 42.5 Å². The highest BCUT2D eigenvalue weighted by Crippen LogP contribution is 2.19. The molecule has 0 radical (unpaired) electrons. The lowest BCUT2D eigenvalue weighted by Gasteiger charge is -2.19. The second-order valence-electron chi connectivity index (χ2n) is 5.99. The molecule has 0 aliphatic heterocycles. The van der Waals surface area contributed by atoms with Gasteiger partial charge in [0.25, 0.3) is 0 Å². The standard InChI is InChI=1S/C19H22ClFN2O2/c1-13(15-5-4-6-16(20)10-15)22-19(24)12-23(2)11-14-7-8-18(25-3)17(21)9-14/h4-10,13H,11-12H2,1-3H3,(H,22,24). The highest BCUT2D eigenvalue weighted by atomic mass is 35.5. The first kappa shape index (κ1) is 19.2. The number of carbonyl (C=O) groups excluding carboxylic acids is 1. The minimum Gasteiger partial charge on any atom is -0.494 e. The highest BCUT2D eigenvalue weighted by Gasteiger charge is 2.13. The number of halogens is 2. The van der Waals surface area contributed by atoms with Gasteiger partial charge in [0.2, 0.25) is 5.91 Å². The van der Waals surface area contributed by atoms with Crippen molar-refractivity contribution < 1.29 is 13.9 Å². The van der Waals surface area contributed by atoms with E-state index < -0.39 is 5.82 Å². The molecule has 1 N–H and O–H groups in total. The maximum atomic E-state index is 13.7. The van der Waals surface area contributed by atoms with Gasteiger partial charge in [-0.25, -0.2) is 4.39 Å². The van der Waals surface area contributed by atoms with E-state index in [0.29, 0.717) is 11.6 Å². The smallest absolute Gasteiger partial charge is 0.234 e. The first-order valence-electron chi connectivity index (χ1n) is 7.95. The molecule has 0 saturated carbocycles. The van der Waals surface area contributed by atoms with E-state index in [0.717, 1.165) is 11.1 Å². The predicted molar refractivity (Wildman–Crippen MR) is 97.3 cm³/mol. The number of likely N-dealkylation sites (N-methyl/N-ethyl adjacent to an activating group) is 1. The molecule has 0 bridgehead atoms. The fourth-order valence-corrected chi connectivity index (χ4v) is 2.77. The number of nitrogens with one attached hydrogen (secondary N) is 1. The van der Waals surface area contributed by atoms with Crippen molar-refractivity contribution in [1.82, 2.24) is 10.2 Å². The van der Waals surface area contributed by atoms with Gasteiger partial charge in [0, 0.05) is 11.6 Å². The second kappa shape index (κ2) is 8.83. The summed E-state index contributed by atoms with van der Waals surface area (Å²) in [5.41, 5.74) is 1.72. The van der Waals surface area contributed by atoms with Gasteiger partial charge < -0.3 is 10.1 Å².